The Labute approximate surface area is 131 Å². The minimum atomic E-state index is -1.45. The summed E-state index contributed by atoms with van der Waals surface area (Å²) in [6.45, 7) is 3.38. The summed E-state index contributed by atoms with van der Waals surface area (Å²) < 4.78 is -1.45. The predicted molar refractivity (Wildman–Crippen MR) is 84.0 cm³/mol. The first-order valence-electron chi connectivity index (χ1n) is 7.04. The van der Waals surface area contributed by atoms with Crippen molar-refractivity contribution in [2.75, 3.05) is 0 Å². The number of aromatic amines is 1. The molecule has 0 spiro atoms. The molecule has 0 radical (unpaired) electrons. The number of imidazole rings is 1. The number of hydrogen-bond acceptors (Lipinski definition) is 4. The van der Waals surface area contributed by atoms with Crippen molar-refractivity contribution in [2.24, 2.45) is 5.92 Å². The molecule has 3 N–H and O–H groups in total. The van der Waals surface area contributed by atoms with Gasteiger partial charge in [0.1, 0.15) is 4.75 Å². The second kappa shape index (κ2) is 6.39. The summed E-state index contributed by atoms with van der Waals surface area (Å²) in [6.07, 6.45) is 0.428. The lowest BCUT2D eigenvalue weighted by atomic mass is 9.87. The molecule has 0 amide bonds. The summed E-state index contributed by atoms with van der Waals surface area (Å²) in [7, 11) is 0. The Hall–Kier alpha value is -2.02. The smallest absolute Gasteiger partial charge is 0.321 e. The third-order valence-corrected chi connectivity index (χ3v) is 5.30. The summed E-state index contributed by atoms with van der Waals surface area (Å²) in [5, 5.41) is 19.5. The van der Waals surface area contributed by atoms with Crippen LogP contribution in [0, 0.1) is 5.92 Å². The van der Waals surface area contributed by atoms with E-state index < -0.39 is 22.6 Å². The van der Waals surface area contributed by atoms with E-state index >= 15 is 0 Å². The van der Waals surface area contributed by atoms with Crippen molar-refractivity contribution >= 4 is 34.7 Å². The van der Waals surface area contributed by atoms with E-state index in [2.05, 4.69) is 9.97 Å². The number of aromatic nitrogens is 2. The number of carboxylic acids is 2. The van der Waals surface area contributed by atoms with Crippen LogP contribution in [0.4, 0.5) is 0 Å². The van der Waals surface area contributed by atoms with Gasteiger partial charge in [-0.1, -0.05) is 37.7 Å². The van der Waals surface area contributed by atoms with Crippen molar-refractivity contribution < 1.29 is 19.8 Å². The molecule has 2 rings (SSSR count). The fraction of sp³-hybridized carbons (Fsp3) is 0.400. The van der Waals surface area contributed by atoms with Gasteiger partial charge in [-0.25, -0.2) is 4.98 Å². The lowest BCUT2D eigenvalue weighted by Gasteiger charge is -2.31. The van der Waals surface area contributed by atoms with E-state index in [1.165, 1.54) is 0 Å². The van der Waals surface area contributed by atoms with Crippen LogP contribution in [0.25, 0.3) is 11.0 Å². The Bertz CT molecular complexity index is 667. The molecule has 0 saturated carbocycles. The van der Waals surface area contributed by atoms with Gasteiger partial charge >= 0.3 is 11.9 Å². The first-order chi connectivity index (χ1) is 10.4. The van der Waals surface area contributed by atoms with E-state index in [4.69, 9.17) is 0 Å². The zero-order valence-corrected chi connectivity index (χ0v) is 13.2. The first kappa shape index (κ1) is 16.4. The normalized spacial score (nSPS) is 15.4. The summed E-state index contributed by atoms with van der Waals surface area (Å²) in [5.41, 5.74) is 1.52. The van der Waals surface area contributed by atoms with Crippen LogP contribution >= 0.6 is 11.8 Å². The number of carbonyl (C=O) groups is 2. The molecule has 2 aromatic rings. The lowest BCUT2D eigenvalue weighted by molar-refractivity contribution is -0.151. The number of thioether (sulfide) groups is 1. The SMILES string of the molecule is CCC(C(=O)O)C(CC)(Sc1nc2ccccc2[nH]1)C(=O)O. The minimum Gasteiger partial charge on any atom is -0.481 e. The summed E-state index contributed by atoms with van der Waals surface area (Å²) in [6, 6.07) is 7.35. The molecule has 0 aliphatic heterocycles. The molecule has 7 heteroatoms. The maximum absolute atomic E-state index is 11.9. The van der Waals surface area contributed by atoms with E-state index in [9.17, 15) is 19.8 Å². The zero-order valence-electron chi connectivity index (χ0n) is 12.4. The van der Waals surface area contributed by atoms with Crippen LogP contribution in [0.5, 0.6) is 0 Å². The molecular weight excluding hydrogens is 304 g/mol. The molecule has 2 unspecified atom stereocenters. The number of hydrogen-bond donors (Lipinski definition) is 3. The largest absolute Gasteiger partial charge is 0.481 e. The Balaban J connectivity index is 2.45. The highest BCUT2D eigenvalue weighted by atomic mass is 32.2. The lowest BCUT2D eigenvalue weighted by Crippen LogP contribution is -2.45. The van der Waals surface area contributed by atoms with E-state index in [-0.39, 0.29) is 12.8 Å². The van der Waals surface area contributed by atoms with Crippen LogP contribution in [0.15, 0.2) is 29.4 Å². The molecule has 0 bridgehead atoms. The number of benzene rings is 1. The summed E-state index contributed by atoms with van der Waals surface area (Å²) in [5.74, 6) is -3.22. The molecule has 118 valence electrons. The molecule has 2 atom stereocenters. The van der Waals surface area contributed by atoms with Gasteiger partial charge in [-0.15, -0.1) is 0 Å². The van der Waals surface area contributed by atoms with Crippen molar-refractivity contribution in [2.45, 2.75) is 36.6 Å². The quantitative estimate of drug-likeness (QED) is 0.677. The van der Waals surface area contributed by atoms with Gasteiger partial charge < -0.3 is 15.2 Å². The highest BCUT2D eigenvalue weighted by Crippen LogP contribution is 2.42. The van der Waals surface area contributed by atoms with Crippen LogP contribution in [-0.4, -0.2) is 36.9 Å². The summed E-state index contributed by atoms with van der Waals surface area (Å²) in [4.78, 5) is 30.8. The molecule has 22 heavy (non-hydrogen) atoms. The van der Waals surface area contributed by atoms with E-state index in [0.717, 1.165) is 22.8 Å². The number of nitrogens with zero attached hydrogens (tertiary/aromatic N) is 1. The van der Waals surface area contributed by atoms with E-state index in [1.54, 1.807) is 13.8 Å². The topological polar surface area (TPSA) is 103 Å². The number of para-hydroxylation sites is 2. The second-order valence-corrected chi connectivity index (χ2v) is 6.33. The highest BCUT2D eigenvalue weighted by molar-refractivity contribution is 8.01. The molecular formula is C15H18N2O4S. The number of nitrogens with one attached hydrogen (secondary N) is 1. The Morgan fingerprint density at radius 1 is 1.32 bits per heavy atom. The van der Waals surface area contributed by atoms with Crippen molar-refractivity contribution in [1.82, 2.24) is 9.97 Å². The molecule has 6 nitrogen and oxygen atoms in total. The number of aliphatic carboxylic acids is 2. The molecule has 1 aromatic heterocycles. The van der Waals surface area contributed by atoms with Gasteiger partial charge in [-0.2, -0.15) is 0 Å². The minimum absolute atomic E-state index is 0.189. The second-order valence-electron chi connectivity index (χ2n) is 5.01. The fourth-order valence-electron chi connectivity index (χ4n) is 2.59. The Morgan fingerprint density at radius 3 is 2.50 bits per heavy atom. The van der Waals surface area contributed by atoms with Gasteiger partial charge in [0.25, 0.3) is 0 Å². The van der Waals surface area contributed by atoms with E-state index in [1.807, 2.05) is 24.3 Å². The van der Waals surface area contributed by atoms with Crippen molar-refractivity contribution in [3.05, 3.63) is 24.3 Å². The zero-order chi connectivity index (χ0) is 16.3. The fourth-order valence-corrected chi connectivity index (χ4v) is 3.88. The van der Waals surface area contributed by atoms with Gasteiger partial charge in [-0.3, -0.25) is 9.59 Å². The molecule has 1 aromatic carbocycles. The van der Waals surface area contributed by atoms with Crippen LogP contribution < -0.4 is 0 Å². The highest BCUT2D eigenvalue weighted by Gasteiger charge is 2.49. The van der Waals surface area contributed by atoms with Crippen LogP contribution in [0.3, 0.4) is 0 Å². The molecule has 1 heterocycles. The molecule has 0 aliphatic rings. The standard InChI is InChI=1S/C15H18N2O4S/c1-3-9(12(18)19)15(4-2,13(20)21)22-14-16-10-7-5-6-8-11(10)17-14/h5-9H,3-4H2,1-2H3,(H,16,17)(H,18,19)(H,20,21). The monoisotopic (exact) mass is 322 g/mol. The third-order valence-electron chi connectivity index (χ3n) is 3.80. The average molecular weight is 322 g/mol. The maximum Gasteiger partial charge on any atom is 0.321 e. The Kier molecular flexibility index (Phi) is 4.75. The number of fused-ring (bicyclic) bond motifs is 1. The van der Waals surface area contributed by atoms with Gasteiger partial charge in [0.2, 0.25) is 0 Å². The molecule has 0 aliphatic carbocycles. The van der Waals surface area contributed by atoms with Gasteiger partial charge in [0, 0.05) is 0 Å². The summed E-state index contributed by atoms with van der Waals surface area (Å²) >= 11 is 0.984. The predicted octanol–water partition coefficient (Wildman–Crippen LogP) is 3.00. The molecule has 0 fully saturated rings. The van der Waals surface area contributed by atoms with Gasteiger partial charge in [-0.05, 0) is 25.0 Å². The number of rotatable bonds is 7. The first-order valence-corrected chi connectivity index (χ1v) is 7.86. The maximum atomic E-state index is 11.9. The van der Waals surface area contributed by atoms with Crippen LogP contribution in [-0.2, 0) is 9.59 Å². The van der Waals surface area contributed by atoms with Gasteiger partial charge in [0.05, 0.1) is 17.0 Å². The number of carboxylic acid groups (broad SMARTS) is 2. The average Bonchev–Trinajstić information content (AvgIpc) is 2.88. The van der Waals surface area contributed by atoms with Crippen molar-refractivity contribution in [3.8, 4) is 0 Å². The number of H-pyrrole nitrogens is 1. The van der Waals surface area contributed by atoms with Crippen LogP contribution in [0.2, 0.25) is 0 Å². The Morgan fingerprint density at radius 2 is 2.00 bits per heavy atom. The van der Waals surface area contributed by atoms with Gasteiger partial charge in [0.15, 0.2) is 5.16 Å². The molecule has 0 saturated heterocycles. The third kappa shape index (κ3) is 2.81. The van der Waals surface area contributed by atoms with Crippen molar-refractivity contribution in [3.63, 3.8) is 0 Å². The van der Waals surface area contributed by atoms with Crippen molar-refractivity contribution in [1.29, 1.82) is 0 Å². The van der Waals surface area contributed by atoms with E-state index in [0.29, 0.717) is 5.16 Å². The van der Waals surface area contributed by atoms with Crippen LogP contribution in [0.1, 0.15) is 26.7 Å².